The van der Waals surface area contributed by atoms with Gasteiger partial charge in [-0.1, -0.05) is 13.0 Å². The standard InChI is InChI=1S/C15H23N3O3S.ClH/c1-15(10-16)7-8-18(11-15)14(19)12-5-4-6-13(9-12)22(20,21)17(2)3;/h4-6,9H,7-8,10-11,16H2,1-3H3;1H. The van der Waals surface area contributed by atoms with Crippen molar-refractivity contribution in [2.45, 2.75) is 18.2 Å². The van der Waals surface area contributed by atoms with Crippen LogP contribution in [0.15, 0.2) is 29.2 Å². The molecule has 0 bridgehead atoms. The number of nitrogens with zero attached hydrogens (tertiary/aromatic N) is 2. The molecule has 23 heavy (non-hydrogen) atoms. The van der Waals surface area contributed by atoms with Crippen LogP contribution in [0.3, 0.4) is 0 Å². The van der Waals surface area contributed by atoms with E-state index in [9.17, 15) is 13.2 Å². The normalized spacial score (nSPS) is 21.3. The van der Waals surface area contributed by atoms with E-state index in [0.717, 1.165) is 10.7 Å². The molecular formula is C15H24ClN3O3S. The Bertz CT molecular complexity index is 678. The molecule has 0 radical (unpaired) electrons. The average Bonchev–Trinajstić information content (AvgIpc) is 2.89. The first kappa shape index (κ1) is 19.9. The zero-order chi connectivity index (χ0) is 16.5. The van der Waals surface area contributed by atoms with Crippen LogP contribution in [-0.4, -0.2) is 57.3 Å². The van der Waals surface area contributed by atoms with Crippen LogP contribution in [0, 0.1) is 5.41 Å². The Labute approximate surface area is 144 Å². The molecule has 1 aliphatic heterocycles. The number of hydrogen-bond acceptors (Lipinski definition) is 4. The fourth-order valence-electron chi connectivity index (χ4n) is 2.55. The summed E-state index contributed by atoms with van der Waals surface area (Å²) in [5.41, 5.74) is 6.10. The summed E-state index contributed by atoms with van der Waals surface area (Å²) >= 11 is 0. The van der Waals surface area contributed by atoms with Crippen molar-refractivity contribution < 1.29 is 13.2 Å². The van der Waals surface area contributed by atoms with Gasteiger partial charge in [0.2, 0.25) is 10.0 Å². The number of halogens is 1. The molecule has 2 N–H and O–H groups in total. The molecule has 1 heterocycles. The second-order valence-corrected chi connectivity index (χ2v) is 8.46. The van der Waals surface area contributed by atoms with Crippen molar-refractivity contribution in [3.8, 4) is 0 Å². The minimum atomic E-state index is -3.54. The van der Waals surface area contributed by atoms with Crippen LogP contribution in [0.25, 0.3) is 0 Å². The van der Waals surface area contributed by atoms with Crippen molar-refractivity contribution in [1.82, 2.24) is 9.21 Å². The van der Waals surface area contributed by atoms with Crippen LogP contribution in [0.2, 0.25) is 0 Å². The number of benzene rings is 1. The maximum Gasteiger partial charge on any atom is 0.253 e. The van der Waals surface area contributed by atoms with E-state index in [-0.39, 0.29) is 28.6 Å². The van der Waals surface area contributed by atoms with Gasteiger partial charge in [-0.15, -0.1) is 12.4 Å². The number of amides is 1. The van der Waals surface area contributed by atoms with Gasteiger partial charge in [0.25, 0.3) is 5.91 Å². The fraction of sp³-hybridized carbons (Fsp3) is 0.533. The highest BCUT2D eigenvalue weighted by molar-refractivity contribution is 7.89. The molecule has 2 rings (SSSR count). The van der Waals surface area contributed by atoms with Crippen molar-refractivity contribution in [3.63, 3.8) is 0 Å². The molecule has 1 saturated heterocycles. The first-order chi connectivity index (χ1) is 10.2. The van der Waals surface area contributed by atoms with Crippen molar-refractivity contribution in [2.75, 3.05) is 33.7 Å². The summed E-state index contributed by atoms with van der Waals surface area (Å²) in [4.78, 5) is 14.4. The largest absolute Gasteiger partial charge is 0.338 e. The third-order valence-corrected chi connectivity index (χ3v) is 6.01. The predicted octanol–water partition coefficient (Wildman–Crippen LogP) is 1.17. The van der Waals surface area contributed by atoms with E-state index in [1.807, 2.05) is 0 Å². The molecule has 1 unspecified atom stereocenters. The molecule has 0 spiro atoms. The molecule has 1 atom stereocenters. The first-order valence-electron chi connectivity index (χ1n) is 7.21. The van der Waals surface area contributed by atoms with Gasteiger partial charge in [-0.25, -0.2) is 12.7 Å². The fourth-order valence-corrected chi connectivity index (χ4v) is 3.49. The van der Waals surface area contributed by atoms with Crippen LogP contribution >= 0.6 is 12.4 Å². The van der Waals surface area contributed by atoms with Gasteiger partial charge in [-0.05, 0) is 36.6 Å². The first-order valence-corrected chi connectivity index (χ1v) is 8.65. The summed E-state index contributed by atoms with van der Waals surface area (Å²) in [5, 5.41) is 0. The summed E-state index contributed by atoms with van der Waals surface area (Å²) in [6, 6.07) is 6.19. The van der Waals surface area contributed by atoms with E-state index >= 15 is 0 Å². The van der Waals surface area contributed by atoms with Gasteiger partial charge in [0.15, 0.2) is 0 Å². The Balaban J connectivity index is 0.00000264. The van der Waals surface area contributed by atoms with Gasteiger partial charge >= 0.3 is 0 Å². The van der Waals surface area contributed by atoms with Crippen molar-refractivity contribution in [3.05, 3.63) is 29.8 Å². The molecule has 1 aromatic carbocycles. The van der Waals surface area contributed by atoms with Gasteiger partial charge in [0.1, 0.15) is 0 Å². The molecule has 1 fully saturated rings. The molecule has 1 aliphatic rings. The van der Waals surface area contributed by atoms with Gasteiger partial charge in [-0.2, -0.15) is 0 Å². The summed E-state index contributed by atoms with van der Waals surface area (Å²) in [6.45, 7) is 3.85. The number of carbonyl (C=O) groups is 1. The van der Waals surface area contributed by atoms with E-state index in [1.54, 1.807) is 17.0 Å². The lowest BCUT2D eigenvalue weighted by molar-refractivity contribution is 0.0776. The Morgan fingerprint density at radius 3 is 2.57 bits per heavy atom. The van der Waals surface area contributed by atoms with Crippen LogP contribution in [-0.2, 0) is 10.0 Å². The van der Waals surface area contributed by atoms with Crippen LogP contribution < -0.4 is 5.73 Å². The maximum atomic E-state index is 12.6. The lowest BCUT2D eigenvalue weighted by atomic mass is 9.90. The molecule has 8 heteroatoms. The number of rotatable bonds is 4. The Morgan fingerprint density at radius 2 is 2.04 bits per heavy atom. The molecule has 6 nitrogen and oxygen atoms in total. The zero-order valence-corrected chi connectivity index (χ0v) is 15.3. The molecule has 1 aromatic rings. The van der Waals surface area contributed by atoms with Crippen molar-refractivity contribution in [1.29, 1.82) is 0 Å². The Hall–Kier alpha value is -1.15. The highest BCUT2D eigenvalue weighted by Crippen LogP contribution is 2.29. The maximum absolute atomic E-state index is 12.6. The number of sulfonamides is 1. The van der Waals surface area contributed by atoms with E-state index in [2.05, 4.69) is 6.92 Å². The number of nitrogens with two attached hydrogens (primary N) is 1. The second-order valence-electron chi connectivity index (χ2n) is 6.31. The highest BCUT2D eigenvalue weighted by Gasteiger charge is 2.35. The highest BCUT2D eigenvalue weighted by atomic mass is 35.5. The third-order valence-electron chi connectivity index (χ3n) is 4.20. The summed E-state index contributed by atoms with van der Waals surface area (Å²) in [7, 11) is -0.603. The minimum absolute atomic E-state index is 0. The molecule has 0 saturated carbocycles. The summed E-state index contributed by atoms with van der Waals surface area (Å²) in [5.74, 6) is -0.145. The van der Waals surface area contributed by atoms with Gasteiger partial charge in [0, 0.05) is 32.7 Å². The molecule has 0 aromatic heterocycles. The predicted molar refractivity (Wildman–Crippen MR) is 92.2 cm³/mol. The van der Waals surface area contributed by atoms with Gasteiger partial charge in [0.05, 0.1) is 4.90 Å². The van der Waals surface area contributed by atoms with Gasteiger partial charge < -0.3 is 10.6 Å². The average molecular weight is 362 g/mol. The van der Waals surface area contributed by atoms with E-state index in [1.165, 1.54) is 26.2 Å². The lowest BCUT2D eigenvalue weighted by Crippen LogP contribution is -2.34. The third kappa shape index (κ3) is 4.03. The molecular weight excluding hydrogens is 338 g/mol. The molecule has 0 aliphatic carbocycles. The molecule has 1 amide bonds. The number of hydrogen-bond donors (Lipinski definition) is 1. The number of likely N-dealkylation sites (tertiary alicyclic amines) is 1. The zero-order valence-electron chi connectivity index (χ0n) is 13.7. The molecule has 130 valence electrons. The van der Waals surface area contributed by atoms with E-state index < -0.39 is 10.0 Å². The van der Waals surface area contributed by atoms with Crippen LogP contribution in [0.5, 0.6) is 0 Å². The second kappa shape index (κ2) is 7.17. The van der Waals surface area contributed by atoms with Crippen molar-refractivity contribution >= 4 is 28.3 Å². The Kier molecular flexibility index (Phi) is 6.20. The Morgan fingerprint density at radius 1 is 1.39 bits per heavy atom. The quantitative estimate of drug-likeness (QED) is 0.872. The van der Waals surface area contributed by atoms with Crippen LogP contribution in [0.4, 0.5) is 0 Å². The van der Waals surface area contributed by atoms with E-state index in [0.29, 0.717) is 25.2 Å². The topological polar surface area (TPSA) is 83.7 Å². The summed E-state index contributed by atoms with van der Waals surface area (Å²) < 4.78 is 25.5. The SMILES string of the molecule is CN(C)S(=O)(=O)c1cccc(C(=O)N2CCC(C)(CN)C2)c1.Cl. The summed E-state index contributed by atoms with van der Waals surface area (Å²) in [6.07, 6.45) is 0.866. The number of carbonyl (C=O) groups excluding carboxylic acids is 1. The van der Waals surface area contributed by atoms with Crippen molar-refractivity contribution in [2.24, 2.45) is 11.1 Å². The lowest BCUT2D eigenvalue weighted by Gasteiger charge is -2.22. The van der Waals surface area contributed by atoms with E-state index in [4.69, 9.17) is 5.73 Å². The minimum Gasteiger partial charge on any atom is -0.338 e. The van der Waals surface area contributed by atoms with Gasteiger partial charge in [-0.3, -0.25) is 4.79 Å². The van der Waals surface area contributed by atoms with Crippen LogP contribution in [0.1, 0.15) is 23.7 Å². The smallest absolute Gasteiger partial charge is 0.253 e. The monoisotopic (exact) mass is 361 g/mol.